The average Bonchev–Trinajstić information content (AvgIpc) is 3.40. The Labute approximate surface area is 161 Å². The summed E-state index contributed by atoms with van der Waals surface area (Å²) in [6.45, 7) is 1.83. The van der Waals surface area contributed by atoms with E-state index in [1.165, 1.54) is 6.26 Å². The highest BCUT2D eigenvalue weighted by molar-refractivity contribution is 6.11. The molecule has 1 aromatic heterocycles. The monoisotopic (exact) mass is 381 g/mol. The number of carbonyl (C=O) groups excluding carboxylic acids is 4. The SMILES string of the molecule is C[C@@]1(c2ccco2)NC(=O)N(CC(=O)c2ccc(N3CCCC3=O)cc2)C1=O. The third kappa shape index (κ3) is 2.87. The minimum Gasteiger partial charge on any atom is -0.466 e. The van der Waals surface area contributed by atoms with Crippen LogP contribution in [0.25, 0.3) is 0 Å². The first-order valence-corrected chi connectivity index (χ1v) is 9.02. The molecule has 1 N–H and O–H groups in total. The zero-order chi connectivity index (χ0) is 19.9. The van der Waals surface area contributed by atoms with E-state index in [4.69, 9.17) is 4.42 Å². The minimum atomic E-state index is -1.33. The number of amides is 4. The molecule has 3 heterocycles. The molecular weight excluding hydrogens is 362 g/mol. The fraction of sp³-hybridized carbons (Fsp3) is 0.300. The van der Waals surface area contributed by atoms with Crippen LogP contribution in [0.15, 0.2) is 47.1 Å². The van der Waals surface area contributed by atoms with Gasteiger partial charge in [0.05, 0.1) is 12.8 Å². The predicted molar refractivity (Wildman–Crippen MR) is 98.7 cm³/mol. The molecule has 0 unspecified atom stereocenters. The number of Topliss-reactive ketones (excluding diaryl/α,β-unsaturated/α-hetero) is 1. The van der Waals surface area contributed by atoms with Crippen molar-refractivity contribution in [2.75, 3.05) is 18.0 Å². The van der Waals surface area contributed by atoms with Crippen molar-refractivity contribution < 1.29 is 23.6 Å². The summed E-state index contributed by atoms with van der Waals surface area (Å²) >= 11 is 0. The molecule has 2 fully saturated rings. The quantitative estimate of drug-likeness (QED) is 0.631. The van der Waals surface area contributed by atoms with Gasteiger partial charge in [-0.2, -0.15) is 0 Å². The zero-order valence-corrected chi connectivity index (χ0v) is 15.3. The second kappa shape index (κ2) is 6.63. The second-order valence-electron chi connectivity index (χ2n) is 7.04. The van der Waals surface area contributed by atoms with E-state index < -0.39 is 17.5 Å². The van der Waals surface area contributed by atoms with Crippen LogP contribution in [0.1, 0.15) is 35.9 Å². The Morgan fingerprint density at radius 3 is 2.54 bits per heavy atom. The summed E-state index contributed by atoms with van der Waals surface area (Å²) in [6.07, 6.45) is 2.77. The zero-order valence-electron chi connectivity index (χ0n) is 15.3. The average molecular weight is 381 g/mol. The molecule has 2 aromatic rings. The van der Waals surface area contributed by atoms with Gasteiger partial charge in [-0.3, -0.25) is 19.3 Å². The summed E-state index contributed by atoms with van der Waals surface area (Å²) < 4.78 is 5.27. The molecule has 8 nitrogen and oxygen atoms in total. The van der Waals surface area contributed by atoms with Crippen molar-refractivity contribution in [1.82, 2.24) is 10.2 Å². The number of hydrogen-bond acceptors (Lipinski definition) is 5. The van der Waals surface area contributed by atoms with Crippen molar-refractivity contribution in [2.24, 2.45) is 0 Å². The first-order chi connectivity index (χ1) is 13.4. The third-order valence-corrected chi connectivity index (χ3v) is 5.17. The van der Waals surface area contributed by atoms with Gasteiger partial charge < -0.3 is 14.6 Å². The summed E-state index contributed by atoms with van der Waals surface area (Å²) in [5, 5.41) is 2.59. The van der Waals surface area contributed by atoms with E-state index in [2.05, 4.69) is 5.32 Å². The Balaban J connectivity index is 1.48. The molecule has 0 saturated carbocycles. The maximum absolute atomic E-state index is 12.8. The maximum atomic E-state index is 12.8. The van der Waals surface area contributed by atoms with Crippen LogP contribution in [-0.2, 0) is 15.1 Å². The van der Waals surface area contributed by atoms with Crippen molar-refractivity contribution in [3.05, 3.63) is 54.0 Å². The van der Waals surface area contributed by atoms with Crippen LogP contribution >= 0.6 is 0 Å². The fourth-order valence-corrected chi connectivity index (χ4v) is 3.55. The first-order valence-electron chi connectivity index (χ1n) is 9.02. The summed E-state index contributed by atoms with van der Waals surface area (Å²) in [5.74, 6) is -0.539. The van der Waals surface area contributed by atoms with Crippen molar-refractivity contribution >= 4 is 29.3 Å². The normalized spacial score (nSPS) is 22.1. The summed E-state index contributed by atoms with van der Waals surface area (Å²) in [5.41, 5.74) is -0.233. The number of ketones is 1. The lowest BCUT2D eigenvalue weighted by atomic mass is 9.99. The molecule has 0 bridgehead atoms. The molecule has 8 heteroatoms. The van der Waals surface area contributed by atoms with Crippen LogP contribution < -0.4 is 10.2 Å². The van der Waals surface area contributed by atoms with E-state index in [0.29, 0.717) is 24.3 Å². The minimum absolute atomic E-state index is 0.0654. The highest BCUT2D eigenvalue weighted by Gasteiger charge is 2.51. The number of hydrogen-bond donors (Lipinski definition) is 1. The highest BCUT2D eigenvalue weighted by atomic mass is 16.3. The molecule has 1 atom stereocenters. The highest BCUT2D eigenvalue weighted by Crippen LogP contribution is 2.29. The topological polar surface area (TPSA) is 99.9 Å². The van der Waals surface area contributed by atoms with Gasteiger partial charge in [-0.25, -0.2) is 4.79 Å². The summed E-state index contributed by atoms with van der Waals surface area (Å²) in [4.78, 5) is 52.0. The molecule has 28 heavy (non-hydrogen) atoms. The van der Waals surface area contributed by atoms with E-state index in [1.54, 1.807) is 48.2 Å². The molecule has 0 spiro atoms. The third-order valence-electron chi connectivity index (χ3n) is 5.17. The van der Waals surface area contributed by atoms with Gasteiger partial charge in [-0.15, -0.1) is 0 Å². The van der Waals surface area contributed by atoms with E-state index in [0.717, 1.165) is 17.0 Å². The number of imide groups is 1. The standard InChI is InChI=1S/C20H19N3O5/c1-20(16-4-3-11-28-16)18(26)23(19(27)21-20)12-15(24)13-6-8-14(9-7-13)22-10-2-5-17(22)25/h3-4,6-9,11H,2,5,10,12H2,1H3,(H,21,27)/t20-/m0/s1. The molecule has 2 aliphatic rings. The van der Waals surface area contributed by atoms with Gasteiger partial charge in [0.15, 0.2) is 11.3 Å². The largest absolute Gasteiger partial charge is 0.466 e. The predicted octanol–water partition coefficient (Wildman–Crippen LogP) is 2.06. The smallest absolute Gasteiger partial charge is 0.325 e. The van der Waals surface area contributed by atoms with Crippen molar-refractivity contribution in [1.29, 1.82) is 0 Å². The lowest BCUT2D eigenvalue weighted by Crippen LogP contribution is -2.41. The van der Waals surface area contributed by atoms with Crippen molar-refractivity contribution in [3.8, 4) is 0 Å². The number of nitrogens with zero attached hydrogens (tertiary/aromatic N) is 2. The molecule has 2 saturated heterocycles. The van der Waals surface area contributed by atoms with Crippen LogP contribution in [-0.4, -0.2) is 41.6 Å². The molecular formula is C20H19N3O5. The van der Waals surface area contributed by atoms with Crippen LogP contribution in [0.5, 0.6) is 0 Å². The lowest BCUT2D eigenvalue weighted by molar-refractivity contribution is -0.131. The summed E-state index contributed by atoms with van der Waals surface area (Å²) in [7, 11) is 0. The molecule has 0 radical (unpaired) electrons. The van der Waals surface area contributed by atoms with Crippen molar-refractivity contribution in [3.63, 3.8) is 0 Å². The van der Waals surface area contributed by atoms with Gasteiger partial charge in [-0.05, 0) is 49.7 Å². The van der Waals surface area contributed by atoms with E-state index in [-0.39, 0.29) is 18.2 Å². The maximum Gasteiger partial charge on any atom is 0.325 e. The number of urea groups is 1. The number of nitrogens with one attached hydrogen (secondary N) is 1. The molecule has 4 rings (SSSR count). The van der Waals surface area contributed by atoms with Crippen molar-refractivity contribution in [2.45, 2.75) is 25.3 Å². The summed E-state index contributed by atoms with van der Waals surface area (Å²) in [6, 6.07) is 9.20. The van der Waals surface area contributed by atoms with E-state index >= 15 is 0 Å². The van der Waals surface area contributed by atoms with Crippen LogP contribution in [0.4, 0.5) is 10.5 Å². The number of furan rings is 1. The Bertz CT molecular complexity index is 951. The van der Waals surface area contributed by atoms with Gasteiger partial charge in [0.1, 0.15) is 5.76 Å². The molecule has 144 valence electrons. The lowest BCUT2D eigenvalue weighted by Gasteiger charge is -2.19. The fourth-order valence-electron chi connectivity index (χ4n) is 3.55. The van der Waals surface area contributed by atoms with Gasteiger partial charge in [-0.1, -0.05) is 0 Å². The first kappa shape index (κ1) is 18.0. The molecule has 2 aliphatic heterocycles. The Hall–Kier alpha value is -3.42. The Kier molecular flexibility index (Phi) is 4.26. The number of rotatable bonds is 5. The van der Waals surface area contributed by atoms with E-state index in [9.17, 15) is 19.2 Å². The second-order valence-corrected chi connectivity index (χ2v) is 7.04. The van der Waals surface area contributed by atoms with Crippen LogP contribution in [0, 0.1) is 0 Å². The number of anilines is 1. The Morgan fingerprint density at radius 1 is 1.18 bits per heavy atom. The Morgan fingerprint density at radius 2 is 1.93 bits per heavy atom. The number of benzene rings is 1. The number of carbonyl (C=O) groups is 4. The van der Waals surface area contributed by atoms with Gasteiger partial charge in [0.25, 0.3) is 5.91 Å². The van der Waals surface area contributed by atoms with Crippen LogP contribution in [0.2, 0.25) is 0 Å². The van der Waals surface area contributed by atoms with Gasteiger partial charge in [0.2, 0.25) is 5.91 Å². The van der Waals surface area contributed by atoms with Crippen LogP contribution in [0.3, 0.4) is 0 Å². The molecule has 0 aliphatic carbocycles. The van der Waals surface area contributed by atoms with E-state index in [1.807, 2.05) is 0 Å². The molecule has 1 aromatic carbocycles. The molecule has 4 amide bonds. The van der Waals surface area contributed by atoms with Gasteiger partial charge >= 0.3 is 6.03 Å². The van der Waals surface area contributed by atoms with Gasteiger partial charge in [0, 0.05) is 24.2 Å².